The Morgan fingerprint density at radius 3 is 2.53 bits per heavy atom. The van der Waals surface area contributed by atoms with E-state index in [0.717, 1.165) is 19.3 Å². The largest absolute Gasteiger partial charge is 0.388 e. The third-order valence-corrected chi connectivity index (χ3v) is 2.90. The number of rotatable bonds is 5. The molecule has 15 heavy (non-hydrogen) atoms. The van der Waals surface area contributed by atoms with Crippen LogP contribution >= 0.6 is 0 Å². The third kappa shape index (κ3) is 4.62. The predicted molar refractivity (Wildman–Crippen MR) is 59.3 cm³/mol. The molecule has 0 unspecified atom stereocenters. The van der Waals surface area contributed by atoms with E-state index in [4.69, 9.17) is 5.73 Å². The van der Waals surface area contributed by atoms with Crippen LogP contribution < -0.4 is 11.1 Å². The first kappa shape index (κ1) is 12.5. The molecule has 4 heteroatoms. The number of aliphatic hydroxyl groups is 1. The summed E-state index contributed by atoms with van der Waals surface area (Å²) >= 11 is 0. The van der Waals surface area contributed by atoms with Crippen LogP contribution in [-0.2, 0) is 4.79 Å². The Morgan fingerprint density at radius 1 is 1.53 bits per heavy atom. The van der Waals surface area contributed by atoms with E-state index in [9.17, 15) is 9.90 Å². The second-order valence-corrected chi connectivity index (χ2v) is 5.34. The molecule has 0 heterocycles. The minimum Gasteiger partial charge on any atom is -0.388 e. The van der Waals surface area contributed by atoms with Gasteiger partial charge in [-0.2, -0.15) is 0 Å². The van der Waals surface area contributed by atoms with Crippen molar-refractivity contribution in [2.75, 3.05) is 6.54 Å². The van der Waals surface area contributed by atoms with Crippen molar-refractivity contribution in [2.24, 2.45) is 5.73 Å². The molecule has 1 aliphatic rings. The fourth-order valence-electron chi connectivity index (χ4n) is 1.55. The number of carbonyl (C=O) groups excluding carboxylic acids is 1. The molecule has 0 radical (unpaired) electrons. The smallest absolute Gasteiger partial charge is 0.220 e. The maximum atomic E-state index is 11.4. The second-order valence-electron chi connectivity index (χ2n) is 5.34. The topological polar surface area (TPSA) is 75.4 Å². The Hall–Kier alpha value is -0.610. The fraction of sp³-hybridized carbons (Fsp3) is 0.909. The summed E-state index contributed by atoms with van der Waals surface area (Å²) in [5, 5.41) is 12.5. The molecule has 4 nitrogen and oxygen atoms in total. The van der Waals surface area contributed by atoms with Gasteiger partial charge in [0.2, 0.25) is 5.91 Å². The van der Waals surface area contributed by atoms with Crippen LogP contribution in [0.3, 0.4) is 0 Å². The first-order valence-corrected chi connectivity index (χ1v) is 5.59. The van der Waals surface area contributed by atoms with Gasteiger partial charge in [0.15, 0.2) is 0 Å². The monoisotopic (exact) mass is 214 g/mol. The van der Waals surface area contributed by atoms with Crippen LogP contribution in [0.15, 0.2) is 0 Å². The fourth-order valence-corrected chi connectivity index (χ4v) is 1.55. The van der Waals surface area contributed by atoms with Crippen LogP contribution in [-0.4, -0.2) is 28.7 Å². The molecule has 88 valence electrons. The summed E-state index contributed by atoms with van der Waals surface area (Å²) in [4.78, 5) is 11.4. The molecular weight excluding hydrogens is 192 g/mol. The van der Waals surface area contributed by atoms with Crippen molar-refractivity contribution >= 4 is 5.91 Å². The molecule has 1 rings (SSSR count). The minimum atomic E-state index is -0.631. The molecule has 0 aromatic rings. The molecule has 4 N–H and O–H groups in total. The van der Waals surface area contributed by atoms with Crippen LogP contribution in [0.2, 0.25) is 0 Å². The van der Waals surface area contributed by atoms with Gasteiger partial charge in [-0.05, 0) is 39.5 Å². The van der Waals surface area contributed by atoms with Gasteiger partial charge in [-0.15, -0.1) is 0 Å². The van der Waals surface area contributed by atoms with E-state index < -0.39 is 5.60 Å². The molecule has 1 saturated carbocycles. The number of hydrogen-bond acceptors (Lipinski definition) is 3. The van der Waals surface area contributed by atoms with Gasteiger partial charge in [-0.25, -0.2) is 0 Å². The molecule has 0 saturated heterocycles. The minimum absolute atomic E-state index is 0.0196. The first-order valence-electron chi connectivity index (χ1n) is 5.59. The van der Waals surface area contributed by atoms with Gasteiger partial charge in [-0.3, -0.25) is 4.79 Å². The van der Waals surface area contributed by atoms with E-state index in [1.807, 2.05) is 13.8 Å². The van der Waals surface area contributed by atoms with Gasteiger partial charge in [0.1, 0.15) is 0 Å². The molecule has 1 fully saturated rings. The lowest BCUT2D eigenvalue weighted by Gasteiger charge is -2.36. The van der Waals surface area contributed by atoms with E-state index >= 15 is 0 Å². The summed E-state index contributed by atoms with van der Waals surface area (Å²) in [5.41, 5.74) is 4.84. The van der Waals surface area contributed by atoms with E-state index in [0.29, 0.717) is 19.4 Å². The molecule has 0 spiro atoms. The van der Waals surface area contributed by atoms with Gasteiger partial charge >= 0.3 is 0 Å². The van der Waals surface area contributed by atoms with Gasteiger partial charge in [0, 0.05) is 18.5 Å². The second kappa shape index (κ2) is 4.49. The standard InChI is InChI=1S/C11H22N2O2/c1-10(2,12)7-4-9(14)13-8-11(15)5-3-6-11/h15H,3-8,12H2,1-2H3,(H,13,14). The van der Waals surface area contributed by atoms with E-state index in [1.54, 1.807) is 0 Å². The average Bonchev–Trinajstić information content (AvgIpc) is 2.07. The highest BCUT2D eigenvalue weighted by atomic mass is 16.3. The van der Waals surface area contributed by atoms with E-state index in [2.05, 4.69) is 5.32 Å². The molecule has 0 aliphatic heterocycles. The quantitative estimate of drug-likeness (QED) is 0.625. The molecular formula is C11H22N2O2. The van der Waals surface area contributed by atoms with Crippen molar-refractivity contribution in [3.05, 3.63) is 0 Å². The molecule has 0 atom stereocenters. The lowest BCUT2D eigenvalue weighted by atomic mass is 9.80. The zero-order chi connectivity index (χ0) is 11.5. The van der Waals surface area contributed by atoms with Crippen molar-refractivity contribution in [2.45, 2.75) is 57.1 Å². The Morgan fingerprint density at radius 2 is 2.13 bits per heavy atom. The van der Waals surface area contributed by atoms with Crippen molar-refractivity contribution < 1.29 is 9.90 Å². The number of amides is 1. The predicted octanol–water partition coefficient (Wildman–Crippen LogP) is 0.535. The highest BCUT2D eigenvalue weighted by Gasteiger charge is 2.34. The van der Waals surface area contributed by atoms with E-state index in [1.165, 1.54) is 0 Å². The van der Waals surface area contributed by atoms with Gasteiger partial charge in [0.25, 0.3) is 0 Å². The Kier molecular flexibility index (Phi) is 3.73. The number of hydrogen-bond donors (Lipinski definition) is 3. The summed E-state index contributed by atoms with van der Waals surface area (Å²) in [6.45, 7) is 4.19. The molecule has 1 aliphatic carbocycles. The first-order chi connectivity index (χ1) is 6.81. The zero-order valence-corrected chi connectivity index (χ0v) is 9.68. The summed E-state index contributed by atoms with van der Waals surface area (Å²) in [5.74, 6) is -0.0196. The molecule has 0 aromatic heterocycles. The van der Waals surface area contributed by atoms with Crippen molar-refractivity contribution in [1.29, 1.82) is 0 Å². The summed E-state index contributed by atoms with van der Waals surface area (Å²) < 4.78 is 0. The summed E-state index contributed by atoms with van der Waals surface area (Å²) in [6, 6.07) is 0. The van der Waals surface area contributed by atoms with Crippen LogP contribution in [0, 0.1) is 0 Å². The SMILES string of the molecule is CC(C)(N)CCC(=O)NCC1(O)CCC1. The number of nitrogens with one attached hydrogen (secondary N) is 1. The van der Waals surface area contributed by atoms with Gasteiger partial charge < -0.3 is 16.2 Å². The maximum Gasteiger partial charge on any atom is 0.220 e. The normalized spacial score (nSPS) is 19.5. The summed E-state index contributed by atoms with van der Waals surface area (Å²) in [7, 11) is 0. The number of nitrogens with two attached hydrogens (primary N) is 1. The summed E-state index contributed by atoms with van der Waals surface area (Å²) in [6.07, 6.45) is 3.75. The number of carbonyl (C=O) groups is 1. The third-order valence-electron chi connectivity index (χ3n) is 2.90. The molecule has 1 amide bonds. The van der Waals surface area contributed by atoms with Gasteiger partial charge in [-0.1, -0.05) is 0 Å². The van der Waals surface area contributed by atoms with Crippen molar-refractivity contribution in [1.82, 2.24) is 5.32 Å². The Bertz CT molecular complexity index is 229. The molecule has 0 bridgehead atoms. The zero-order valence-electron chi connectivity index (χ0n) is 9.68. The van der Waals surface area contributed by atoms with Crippen molar-refractivity contribution in [3.63, 3.8) is 0 Å². The highest BCUT2D eigenvalue weighted by molar-refractivity contribution is 5.76. The lowest BCUT2D eigenvalue weighted by molar-refractivity contribution is -0.123. The van der Waals surface area contributed by atoms with E-state index in [-0.39, 0.29) is 11.4 Å². The van der Waals surface area contributed by atoms with Crippen molar-refractivity contribution in [3.8, 4) is 0 Å². The Labute approximate surface area is 91.2 Å². The average molecular weight is 214 g/mol. The van der Waals surface area contributed by atoms with Gasteiger partial charge in [0.05, 0.1) is 5.60 Å². The molecule has 0 aromatic carbocycles. The Balaban J connectivity index is 2.14. The van der Waals surface area contributed by atoms with Crippen LogP contribution in [0.5, 0.6) is 0 Å². The lowest BCUT2D eigenvalue weighted by Crippen LogP contribution is -2.48. The van der Waals surface area contributed by atoms with Crippen LogP contribution in [0.4, 0.5) is 0 Å². The maximum absolute atomic E-state index is 11.4. The van der Waals surface area contributed by atoms with Crippen LogP contribution in [0.25, 0.3) is 0 Å². The highest BCUT2D eigenvalue weighted by Crippen LogP contribution is 2.30. The van der Waals surface area contributed by atoms with Crippen LogP contribution in [0.1, 0.15) is 46.0 Å².